The van der Waals surface area contributed by atoms with Gasteiger partial charge < -0.3 is 0 Å². The molecule has 1 atom stereocenters. The number of hydrogen-bond acceptors (Lipinski definition) is 3. The van der Waals surface area contributed by atoms with Crippen molar-refractivity contribution in [1.29, 1.82) is 0 Å². The predicted molar refractivity (Wildman–Crippen MR) is 44.2 cm³/mol. The molecule has 1 rings (SSSR count). The minimum Gasteiger partial charge on any atom is -0.291 e. The lowest BCUT2D eigenvalue weighted by molar-refractivity contribution is 0.387. The van der Waals surface area contributed by atoms with Gasteiger partial charge in [0.2, 0.25) is 0 Å². The molecule has 0 aliphatic heterocycles. The highest BCUT2D eigenvalue weighted by Crippen LogP contribution is 2.16. The average molecular weight is 171 g/mol. The predicted octanol–water partition coefficient (Wildman–Crippen LogP) is 1.23. The van der Waals surface area contributed by atoms with E-state index in [0.29, 0.717) is 10.6 Å². The summed E-state index contributed by atoms with van der Waals surface area (Å²) in [4.78, 5) is 0.606. The summed E-state index contributed by atoms with van der Waals surface area (Å²) in [6, 6.07) is 6.90. The van der Waals surface area contributed by atoms with Crippen LogP contribution < -0.4 is 5.48 Å². The summed E-state index contributed by atoms with van der Waals surface area (Å²) in [6.45, 7) is 0. The Balaban J connectivity index is 3.12. The van der Waals surface area contributed by atoms with Gasteiger partial charge in [0.1, 0.15) is 0 Å². The Kier molecular flexibility index (Phi) is 2.62. The van der Waals surface area contributed by atoms with Crippen molar-refractivity contribution in [3.05, 3.63) is 24.3 Å². The first kappa shape index (κ1) is 8.23. The number of nitrogens with one attached hydrogen (secondary N) is 1. The van der Waals surface area contributed by atoms with Crippen LogP contribution in [0, 0.1) is 0 Å². The van der Waals surface area contributed by atoms with Gasteiger partial charge in [-0.2, -0.15) is 0 Å². The van der Waals surface area contributed by atoms with Crippen molar-refractivity contribution in [3.63, 3.8) is 0 Å². The van der Waals surface area contributed by atoms with Crippen LogP contribution >= 0.6 is 0 Å². The lowest BCUT2D eigenvalue weighted by Gasteiger charge is -2.03. The fourth-order valence-electron chi connectivity index (χ4n) is 0.810. The van der Waals surface area contributed by atoms with Gasteiger partial charge in [-0.15, -0.1) is 0 Å². The molecule has 1 aromatic carbocycles. The Morgan fingerprint density at radius 1 is 1.45 bits per heavy atom. The second kappa shape index (κ2) is 3.50. The smallest absolute Gasteiger partial charge is 0.0763 e. The SMILES string of the molecule is CS(=O)c1ccccc1NO. The third-order valence-electron chi connectivity index (χ3n) is 1.32. The van der Waals surface area contributed by atoms with E-state index in [9.17, 15) is 4.21 Å². The molecule has 0 radical (unpaired) electrons. The van der Waals surface area contributed by atoms with Gasteiger partial charge in [-0.3, -0.25) is 14.9 Å². The standard InChI is InChI=1S/C7H9NO2S/c1-11(10)7-5-3-2-4-6(7)8-9/h2-5,8-9H,1H3. The van der Waals surface area contributed by atoms with Gasteiger partial charge in [-0.25, -0.2) is 0 Å². The molecule has 0 heterocycles. The van der Waals surface area contributed by atoms with Crippen LogP contribution in [0.1, 0.15) is 0 Å². The van der Waals surface area contributed by atoms with E-state index in [2.05, 4.69) is 0 Å². The molecular weight excluding hydrogens is 162 g/mol. The first-order chi connectivity index (χ1) is 5.25. The molecule has 0 saturated carbocycles. The third-order valence-corrected chi connectivity index (χ3v) is 2.29. The molecule has 0 spiro atoms. The molecule has 11 heavy (non-hydrogen) atoms. The lowest BCUT2D eigenvalue weighted by atomic mass is 10.3. The van der Waals surface area contributed by atoms with Crippen molar-refractivity contribution in [2.45, 2.75) is 4.90 Å². The molecule has 0 aliphatic carbocycles. The second-order valence-electron chi connectivity index (χ2n) is 2.06. The first-order valence-electron chi connectivity index (χ1n) is 3.08. The molecule has 60 valence electrons. The number of para-hydroxylation sites is 1. The van der Waals surface area contributed by atoms with Crippen molar-refractivity contribution >= 4 is 16.5 Å². The normalized spacial score (nSPS) is 12.5. The largest absolute Gasteiger partial charge is 0.291 e. The Labute approximate surface area is 67.5 Å². The number of hydrogen-bond donors (Lipinski definition) is 2. The molecule has 0 bridgehead atoms. The van der Waals surface area contributed by atoms with Gasteiger partial charge in [-0.05, 0) is 12.1 Å². The molecule has 1 aromatic rings. The Hall–Kier alpha value is -0.870. The molecule has 1 unspecified atom stereocenters. The maximum Gasteiger partial charge on any atom is 0.0763 e. The van der Waals surface area contributed by atoms with Crippen LogP contribution in [0.25, 0.3) is 0 Å². The zero-order valence-electron chi connectivity index (χ0n) is 6.07. The first-order valence-corrected chi connectivity index (χ1v) is 4.64. The maximum absolute atomic E-state index is 11.0. The maximum atomic E-state index is 11.0. The van der Waals surface area contributed by atoms with Crippen molar-refractivity contribution < 1.29 is 9.42 Å². The van der Waals surface area contributed by atoms with E-state index >= 15 is 0 Å². The molecule has 0 aromatic heterocycles. The third kappa shape index (κ3) is 1.78. The van der Waals surface area contributed by atoms with E-state index in [1.807, 2.05) is 5.48 Å². The van der Waals surface area contributed by atoms with Crippen LogP contribution in [-0.2, 0) is 10.8 Å². The van der Waals surface area contributed by atoms with Gasteiger partial charge in [-0.1, -0.05) is 12.1 Å². The summed E-state index contributed by atoms with van der Waals surface area (Å²) in [5.74, 6) is 0. The van der Waals surface area contributed by atoms with Crippen molar-refractivity contribution in [3.8, 4) is 0 Å². The van der Waals surface area contributed by atoms with Gasteiger partial charge >= 0.3 is 0 Å². The van der Waals surface area contributed by atoms with Gasteiger partial charge in [0.15, 0.2) is 0 Å². The van der Waals surface area contributed by atoms with E-state index in [0.717, 1.165) is 0 Å². The summed E-state index contributed by atoms with van der Waals surface area (Å²) in [6.07, 6.45) is 1.57. The van der Waals surface area contributed by atoms with Crippen LogP contribution in [0.4, 0.5) is 5.69 Å². The van der Waals surface area contributed by atoms with E-state index in [1.54, 1.807) is 30.5 Å². The summed E-state index contributed by atoms with van der Waals surface area (Å²) in [7, 11) is -1.06. The molecule has 4 heteroatoms. The highest BCUT2D eigenvalue weighted by atomic mass is 32.2. The summed E-state index contributed by atoms with van der Waals surface area (Å²) >= 11 is 0. The molecule has 0 aliphatic rings. The highest BCUT2D eigenvalue weighted by molar-refractivity contribution is 7.84. The van der Waals surface area contributed by atoms with Gasteiger partial charge in [0, 0.05) is 6.26 Å². The average Bonchev–Trinajstić information content (AvgIpc) is 2.04. The zero-order valence-corrected chi connectivity index (χ0v) is 6.89. The summed E-state index contributed by atoms with van der Waals surface area (Å²) in [5.41, 5.74) is 2.48. The molecule has 0 saturated heterocycles. The Bertz CT molecular complexity index is 275. The lowest BCUT2D eigenvalue weighted by Crippen LogP contribution is -1.96. The van der Waals surface area contributed by atoms with E-state index < -0.39 is 10.8 Å². The highest BCUT2D eigenvalue weighted by Gasteiger charge is 2.02. The zero-order chi connectivity index (χ0) is 8.27. The van der Waals surface area contributed by atoms with Crippen LogP contribution in [0.5, 0.6) is 0 Å². The van der Waals surface area contributed by atoms with Crippen molar-refractivity contribution in [1.82, 2.24) is 0 Å². The number of anilines is 1. The molecular formula is C7H9NO2S. The topological polar surface area (TPSA) is 49.3 Å². The second-order valence-corrected chi connectivity index (χ2v) is 3.41. The fraction of sp³-hybridized carbons (Fsp3) is 0.143. The van der Waals surface area contributed by atoms with Crippen LogP contribution in [0.2, 0.25) is 0 Å². The Morgan fingerprint density at radius 3 is 2.55 bits per heavy atom. The monoisotopic (exact) mass is 171 g/mol. The van der Waals surface area contributed by atoms with E-state index in [4.69, 9.17) is 5.21 Å². The van der Waals surface area contributed by atoms with Crippen LogP contribution in [0.3, 0.4) is 0 Å². The van der Waals surface area contributed by atoms with E-state index in [-0.39, 0.29) is 0 Å². The van der Waals surface area contributed by atoms with Crippen LogP contribution in [-0.4, -0.2) is 15.7 Å². The minimum atomic E-state index is -1.06. The van der Waals surface area contributed by atoms with Crippen molar-refractivity contribution in [2.75, 3.05) is 11.7 Å². The number of rotatable bonds is 2. The van der Waals surface area contributed by atoms with E-state index in [1.165, 1.54) is 0 Å². The Morgan fingerprint density at radius 2 is 2.09 bits per heavy atom. The molecule has 2 N–H and O–H groups in total. The molecule has 0 fully saturated rings. The molecule has 3 nitrogen and oxygen atoms in total. The van der Waals surface area contributed by atoms with Crippen LogP contribution in [0.15, 0.2) is 29.2 Å². The minimum absolute atomic E-state index is 0.494. The fourth-order valence-corrected chi connectivity index (χ4v) is 1.50. The van der Waals surface area contributed by atoms with Crippen molar-refractivity contribution in [2.24, 2.45) is 0 Å². The summed E-state index contributed by atoms with van der Waals surface area (Å²) < 4.78 is 11.0. The summed E-state index contributed by atoms with van der Waals surface area (Å²) in [5, 5.41) is 8.58. The quantitative estimate of drug-likeness (QED) is 0.658. The molecule has 0 amide bonds. The van der Waals surface area contributed by atoms with Gasteiger partial charge in [0.05, 0.1) is 21.4 Å². The number of benzene rings is 1. The van der Waals surface area contributed by atoms with Gasteiger partial charge in [0.25, 0.3) is 0 Å².